The number of hydrogen-bond acceptors (Lipinski definition) is 5. The Balaban J connectivity index is 1.30. The van der Waals surface area contributed by atoms with Crippen molar-refractivity contribution in [2.24, 2.45) is 0 Å². The van der Waals surface area contributed by atoms with E-state index in [4.69, 9.17) is 9.47 Å². The van der Waals surface area contributed by atoms with E-state index in [1.807, 2.05) is 0 Å². The zero-order valence-corrected chi connectivity index (χ0v) is 21.8. The van der Waals surface area contributed by atoms with Crippen molar-refractivity contribution in [1.29, 1.82) is 0 Å². The van der Waals surface area contributed by atoms with Gasteiger partial charge >= 0.3 is 12.5 Å². The molecule has 0 N–H and O–H groups in total. The minimum Gasteiger partial charge on any atom is -0.486 e. The Bertz CT molecular complexity index is 1380. The number of hydrogen-bond donors (Lipinski definition) is 0. The molecule has 0 saturated heterocycles. The summed E-state index contributed by atoms with van der Waals surface area (Å²) in [7, 11) is 0. The zero-order valence-electron chi connectivity index (χ0n) is 21.8. The molecule has 2 heterocycles. The van der Waals surface area contributed by atoms with Crippen LogP contribution in [0.3, 0.4) is 0 Å². The van der Waals surface area contributed by atoms with E-state index in [0.29, 0.717) is 35.5 Å². The molecule has 1 aliphatic heterocycles. The first kappa shape index (κ1) is 26.9. The average molecular weight is 565 g/mol. The van der Waals surface area contributed by atoms with Crippen molar-refractivity contribution in [2.45, 2.75) is 89.1 Å². The minimum absolute atomic E-state index is 0.0274. The molecule has 2 aliphatic carbocycles. The van der Waals surface area contributed by atoms with Crippen LogP contribution in [0.4, 0.5) is 22.0 Å². The number of fused-ring (bicyclic) bond motifs is 2. The molecule has 3 aliphatic rings. The van der Waals surface area contributed by atoms with E-state index in [2.05, 4.69) is 14.6 Å². The molecule has 1 aromatic heterocycles. The highest BCUT2D eigenvalue weighted by molar-refractivity contribution is 5.47. The smallest absolute Gasteiger partial charge is 0.486 e. The van der Waals surface area contributed by atoms with Crippen molar-refractivity contribution in [3.8, 4) is 22.9 Å². The molecule has 2 aromatic carbocycles. The number of rotatable bonds is 6. The van der Waals surface area contributed by atoms with Gasteiger partial charge in [0.1, 0.15) is 18.0 Å². The molecule has 11 heteroatoms. The zero-order chi connectivity index (χ0) is 28.1. The van der Waals surface area contributed by atoms with Gasteiger partial charge in [-0.2, -0.15) is 18.3 Å². The van der Waals surface area contributed by atoms with Gasteiger partial charge in [-0.25, -0.2) is 4.68 Å². The molecule has 2 atom stereocenters. The number of benzene rings is 2. The largest absolute Gasteiger partial charge is 0.586 e. The van der Waals surface area contributed by atoms with E-state index < -0.39 is 30.4 Å². The molecule has 1 saturated carbocycles. The van der Waals surface area contributed by atoms with E-state index in [1.54, 1.807) is 37.3 Å². The quantitative estimate of drug-likeness (QED) is 0.283. The number of ether oxygens (including phenoxy) is 4. The fourth-order valence-electron chi connectivity index (χ4n) is 5.81. The molecule has 214 valence electrons. The molecule has 0 spiro atoms. The lowest BCUT2D eigenvalue weighted by Gasteiger charge is -2.31. The highest BCUT2D eigenvalue weighted by Gasteiger charge is 2.44. The average Bonchev–Trinajstić information content (AvgIpc) is 3.46. The van der Waals surface area contributed by atoms with Crippen LogP contribution in [0.5, 0.6) is 17.2 Å². The van der Waals surface area contributed by atoms with Crippen LogP contribution in [-0.2, 0) is 17.3 Å². The van der Waals surface area contributed by atoms with Gasteiger partial charge in [-0.15, -0.1) is 8.78 Å². The summed E-state index contributed by atoms with van der Waals surface area (Å²) in [4.78, 5) is 0. The summed E-state index contributed by atoms with van der Waals surface area (Å²) in [5.41, 5.74) is 0.738. The van der Waals surface area contributed by atoms with Crippen molar-refractivity contribution in [3.63, 3.8) is 0 Å². The van der Waals surface area contributed by atoms with Crippen LogP contribution in [0.2, 0.25) is 0 Å². The first-order chi connectivity index (χ1) is 19.1. The van der Waals surface area contributed by atoms with Gasteiger partial charge in [0.2, 0.25) is 0 Å². The van der Waals surface area contributed by atoms with Crippen LogP contribution in [-0.4, -0.2) is 22.2 Å². The predicted octanol–water partition coefficient (Wildman–Crippen LogP) is 8.08. The maximum atomic E-state index is 14.1. The molecule has 0 amide bonds. The Hall–Kier alpha value is -3.34. The van der Waals surface area contributed by atoms with Crippen molar-refractivity contribution in [1.82, 2.24) is 9.78 Å². The molecule has 40 heavy (non-hydrogen) atoms. The van der Waals surface area contributed by atoms with Crippen LogP contribution in [0.15, 0.2) is 42.5 Å². The molecule has 3 aromatic rings. The van der Waals surface area contributed by atoms with Crippen molar-refractivity contribution in [2.75, 3.05) is 0 Å². The maximum absolute atomic E-state index is 14.1. The molecule has 6 rings (SSSR count). The number of halogens is 5. The lowest BCUT2D eigenvalue weighted by Crippen LogP contribution is -2.25. The molecule has 1 fully saturated rings. The van der Waals surface area contributed by atoms with Crippen LogP contribution in [0, 0.1) is 0 Å². The SMILES string of the molecule is C[C@H](Oc1cccc(-n2nc(C(F)(F)F)c3c2C(OC2CCCCC2)CCC3)c1)c1ccc2c(c1)OC(F)(F)O2. The number of alkyl halides is 5. The molecule has 6 nitrogen and oxygen atoms in total. The van der Waals surface area contributed by atoms with Crippen LogP contribution < -0.4 is 14.2 Å². The van der Waals surface area contributed by atoms with Crippen LogP contribution >= 0.6 is 0 Å². The first-order valence-electron chi connectivity index (χ1n) is 13.6. The molecule has 0 radical (unpaired) electrons. The van der Waals surface area contributed by atoms with Gasteiger partial charge in [-0.3, -0.25) is 0 Å². The summed E-state index contributed by atoms with van der Waals surface area (Å²) in [5, 5.41) is 4.06. The fraction of sp³-hybridized carbons (Fsp3) is 0.483. The minimum atomic E-state index is -4.60. The third-order valence-electron chi connectivity index (χ3n) is 7.67. The fourth-order valence-corrected chi connectivity index (χ4v) is 5.81. The summed E-state index contributed by atoms with van der Waals surface area (Å²) in [5.74, 6) is 0.210. The lowest BCUT2D eigenvalue weighted by molar-refractivity contribution is -0.286. The maximum Gasteiger partial charge on any atom is 0.586 e. The van der Waals surface area contributed by atoms with Gasteiger partial charge < -0.3 is 18.9 Å². The molecular formula is C29H29F5N2O4. The Morgan fingerprint density at radius 3 is 2.52 bits per heavy atom. The number of aromatic nitrogens is 2. The van der Waals surface area contributed by atoms with Gasteiger partial charge in [0.25, 0.3) is 0 Å². The summed E-state index contributed by atoms with van der Waals surface area (Å²) >= 11 is 0. The van der Waals surface area contributed by atoms with Crippen LogP contribution in [0.25, 0.3) is 5.69 Å². The predicted molar refractivity (Wildman–Crippen MR) is 134 cm³/mol. The van der Waals surface area contributed by atoms with Gasteiger partial charge in [0, 0.05) is 11.6 Å². The Morgan fingerprint density at radius 1 is 0.975 bits per heavy atom. The summed E-state index contributed by atoms with van der Waals surface area (Å²) in [6.07, 6.45) is -2.78. The first-order valence-corrected chi connectivity index (χ1v) is 13.6. The van der Waals surface area contributed by atoms with Gasteiger partial charge in [0.15, 0.2) is 17.2 Å². The van der Waals surface area contributed by atoms with Gasteiger partial charge in [-0.1, -0.05) is 31.4 Å². The highest BCUT2D eigenvalue weighted by Crippen LogP contribution is 2.44. The Labute approximate surface area is 228 Å². The van der Waals surface area contributed by atoms with Gasteiger partial charge in [0.05, 0.1) is 17.5 Å². The number of nitrogens with zero attached hydrogens (tertiary/aromatic N) is 2. The molecule has 0 bridgehead atoms. The van der Waals surface area contributed by atoms with E-state index in [-0.39, 0.29) is 29.6 Å². The monoisotopic (exact) mass is 564 g/mol. The van der Waals surface area contributed by atoms with E-state index in [0.717, 1.165) is 32.1 Å². The van der Waals surface area contributed by atoms with Crippen molar-refractivity contribution < 1.29 is 40.9 Å². The lowest BCUT2D eigenvalue weighted by atomic mass is 9.91. The highest BCUT2D eigenvalue weighted by atomic mass is 19.4. The second kappa shape index (κ2) is 10.2. The molecule has 1 unspecified atom stereocenters. The third kappa shape index (κ3) is 5.35. The summed E-state index contributed by atoms with van der Waals surface area (Å²) < 4.78 is 91.8. The van der Waals surface area contributed by atoms with E-state index in [1.165, 1.54) is 16.8 Å². The normalized spacial score (nSPS) is 21.2. The Kier molecular flexibility index (Phi) is 6.88. The topological polar surface area (TPSA) is 54.7 Å². The molecular weight excluding hydrogens is 535 g/mol. The second-order valence-corrected chi connectivity index (χ2v) is 10.5. The summed E-state index contributed by atoms with van der Waals surface area (Å²) in [6, 6.07) is 11.0. The van der Waals surface area contributed by atoms with Crippen molar-refractivity contribution >= 4 is 0 Å². The Morgan fingerprint density at radius 2 is 1.75 bits per heavy atom. The van der Waals surface area contributed by atoms with Crippen LogP contribution in [0.1, 0.15) is 86.6 Å². The standard InChI is InChI=1S/C29H29F5N2O4/c1-17(18-13-14-23-25(15-18)40-29(33,34)39-23)37-21-10-5-7-19(16-21)36-26-22(27(35-36)28(30,31)32)11-6-12-24(26)38-20-8-3-2-4-9-20/h5,7,10,13-17,20,24H,2-4,6,8-9,11-12H2,1H3/t17-,24?/m0/s1. The van der Waals surface area contributed by atoms with Crippen molar-refractivity contribution in [3.05, 3.63) is 65.0 Å². The van der Waals surface area contributed by atoms with Gasteiger partial charge in [-0.05, 0) is 68.9 Å². The van der Waals surface area contributed by atoms with E-state index in [9.17, 15) is 22.0 Å². The third-order valence-corrected chi connectivity index (χ3v) is 7.67. The summed E-state index contributed by atoms with van der Waals surface area (Å²) in [6.45, 7) is 1.73. The second-order valence-electron chi connectivity index (χ2n) is 10.5. The van der Waals surface area contributed by atoms with E-state index >= 15 is 0 Å².